The number of thiophene rings is 1. The van der Waals surface area contributed by atoms with Crippen molar-refractivity contribution in [3.8, 4) is 61.8 Å². The lowest BCUT2D eigenvalue weighted by Gasteiger charge is -2.32. The Kier molecular flexibility index (Phi) is 13.0. The molecule has 1 atom stereocenters. The Balaban J connectivity index is 1.08. The summed E-state index contributed by atoms with van der Waals surface area (Å²) in [4.78, 5) is 36.6. The highest BCUT2D eigenvalue weighted by molar-refractivity contribution is 7.22. The van der Waals surface area contributed by atoms with Gasteiger partial charge >= 0.3 is 5.97 Å². The number of hydrogen-bond donors (Lipinski definition) is 2. The SMILES string of the molecule is COc1ccccc1-c1nccc(COc2ccccc2CC(Oc2ncnc3sc(-c4ccc(F)cc4)c(-c4ccc(OCCN5CCN(C)CC5)c(Cl)c4O)c23)C(=O)O)n1. The van der Waals surface area contributed by atoms with Crippen molar-refractivity contribution in [2.75, 3.05) is 53.5 Å². The second kappa shape index (κ2) is 19.1. The standard InChI is InChI=1S/C46H42ClFN6O7S/c1-53-19-21-54(22-20-53)23-24-59-36-16-15-33(41(55)40(36)47)38-39-44(50-27-51-45(39)62-42(38)28-11-13-30(48)14-12-28)61-37(46(56)57)25-29-7-3-5-9-34(29)60-26-31-17-18-49-43(52-31)32-8-4-6-10-35(32)58-2/h3-18,27,37,55H,19-26H2,1-2H3,(H,56,57). The normalized spacial score (nSPS) is 13.8. The number of hydrogen-bond acceptors (Lipinski definition) is 13. The maximum absolute atomic E-state index is 14.2. The lowest BCUT2D eigenvalue weighted by Crippen LogP contribution is -2.45. The van der Waals surface area contributed by atoms with E-state index in [-0.39, 0.29) is 29.7 Å². The molecule has 3 aromatic heterocycles. The number of carbonyl (C=O) groups is 1. The minimum absolute atomic E-state index is 0.00241. The van der Waals surface area contributed by atoms with Crippen LogP contribution in [0.4, 0.5) is 4.39 Å². The molecule has 0 radical (unpaired) electrons. The second-order valence-corrected chi connectivity index (χ2v) is 15.9. The van der Waals surface area contributed by atoms with Crippen molar-refractivity contribution in [1.82, 2.24) is 29.7 Å². The maximum atomic E-state index is 14.2. The van der Waals surface area contributed by atoms with Gasteiger partial charge in [-0.15, -0.1) is 11.3 Å². The number of carboxylic acids is 1. The smallest absolute Gasteiger partial charge is 0.345 e. The number of aromatic nitrogens is 4. The van der Waals surface area contributed by atoms with E-state index >= 15 is 0 Å². The number of phenols is 1. The number of halogens is 2. The van der Waals surface area contributed by atoms with Gasteiger partial charge in [-0.3, -0.25) is 4.90 Å². The first-order valence-corrected chi connectivity index (χ1v) is 21.0. The summed E-state index contributed by atoms with van der Waals surface area (Å²) in [5.41, 5.74) is 3.25. The van der Waals surface area contributed by atoms with Gasteiger partial charge in [-0.05, 0) is 66.7 Å². The topological polar surface area (TPSA) is 152 Å². The molecule has 1 fully saturated rings. The van der Waals surface area contributed by atoms with Gasteiger partial charge in [-0.2, -0.15) is 0 Å². The van der Waals surface area contributed by atoms with Crippen LogP contribution >= 0.6 is 22.9 Å². The number of phenolic OH excluding ortho intramolecular Hbond substituents is 1. The number of para-hydroxylation sites is 2. The van der Waals surface area contributed by atoms with Crippen LogP contribution < -0.4 is 18.9 Å². The molecule has 1 aliphatic rings. The fraction of sp³-hybridized carbons (Fsp3) is 0.239. The highest BCUT2D eigenvalue weighted by atomic mass is 35.5. The van der Waals surface area contributed by atoms with E-state index in [0.717, 1.165) is 31.7 Å². The molecule has 1 unspecified atom stereocenters. The predicted octanol–water partition coefficient (Wildman–Crippen LogP) is 8.27. The number of likely N-dealkylation sites (N-methyl/N-ethyl adjacent to an activating group) is 1. The molecule has 1 aliphatic heterocycles. The molecular weight excluding hydrogens is 835 g/mol. The first-order chi connectivity index (χ1) is 30.2. The Bertz CT molecular complexity index is 2700. The summed E-state index contributed by atoms with van der Waals surface area (Å²) in [6.07, 6.45) is 1.38. The number of rotatable bonds is 16. The van der Waals surface area contributed by atoms with E-state index in [2.05, 4.69) is 36.8 Å². The molecule has 0 aliphatic carbocycles. The van der Waals surface area contributed by atoms with Gasteiger partial charge in [0.05, 0.1) is 23.8 Å². The van der Waals surface area contributed by atoms with Crippen LogP contribution in [0.2, 0.25) is 5.02 Å². The quantitative estimate of drug-likeness (QED) is 0.0959. The summed E-state index contributed by atoms with van der Waals surface area (Å²) in [6, 6.07) is 25.5. The van der Waals surface area contributed by atoms with Gasteiger partial charge in [0.2, 0.25) is 12.0 Å². The maximum Gasteiger partial charge on any atom is 0.345 e. The largest absolute Gasteiger partial charge is 0.506 e. The van der Waals surface area contributed by atoms with Crippen molar-refractivity contribution >= 4 is 39.1 Å². The summed E-state index contributed by atoms with van der Waals surface area (Å²) in [6.45, 7) is 4.95. The Labute approximate surface area is 365 Å². The van der Waals surface area contributed by atoms with E-state index in [1.807, 2.05) is 24.3 Å². The number of benzene rings is 4. The molecule has 2 N–H and O–H groups in total. The van der Waals surface area contributed by atoms with Crippen LogP contribution in [0.1, 0.15) is 11.3 Å². The van der Waals surface area contributed by atoms with Crippen LogP contribution in [0.15, 0.2) is 104 Å². The highest BCUT2D eigenvalue weighted by Gasteiger charge is 2.29. The van der Waals surface area contributed by atoms with Crippen LogP contribution in [0.3, 0.4) is 0 Å². The molecule has 1 saturated heterocycles. The number of nitrogens with zero attached hydrogens (tertiary/aromatic N) is 6. The number of fused-ring (bicyclic) bond motifs is 1. The van der Waals surface area contributed by atoms with Crippen molar-refractivity contribution in [2.45, 2.75) is 19.1 Å². The van der Waals surface area contributed by atoms with E-state index in [9.17, 15) is 19.4 Å². The van der Waals surface area contributed by atoms with E-state index in [1.165, 1.54) is 29.8 Å². The monoisotopic (exact) mass is 876 g/mol. The van der Waals surface area contributed by atoms with Crippen LogP contribution in [-0.4, -0.2) is 106 Å². The third kappa shape index (κ3) is 9.40. The third-order valence-corrected chi connectivity index (χ3v) is 12.0. The molecule has 0 saturated carbocycles. The number of aliphatic carboxylic acids is 1. The van der Waals surface area contributed by atoms with Crippen molar-refractivity contribution in [3.05, 3.63) is 126 Å². The molecule has 4 heterocycles. The van der Waals surface area contributed by atoms with Gasteiger partial charge in [-0.25, -0.2) is 29.1 Å². The highest BCUT2D eigenvalue weighted by Crippen LogP contribution is 2.51. The Morgan fingerprint density at radius 3 is 2.42 bits per heavy atom. The van der Waals surface area contributed by atoms with Crippen LogP contribution in [0.5, 0.6) is 28.9 Å². The zero-order valence-electron chi connectivity index (χ0n) is 33.8. The first-order valence-electron chi connectivity index (χ1n) is 19.8. The minimum atomic E-state index is -1.44. The van der Waals surface area contributed by atoms with E-state index < -0.39 is 17.9 Å². The lowest BCUT2D eigenvalue weighted by atomic mass is 9.98. The molecule has 7 aromatic rings. The fourth-order valence-electron chi connectivity index (χ4n) is 7.19. The van der Waals surface area contributed by atoms with Gasteiger partial charge in [0.25, 0.3) is 0 Å². The lowest BCUT2D eigenvalue weighted by molar-refractivity contribution is -0.145. The van der Waals surface area contributed by atoms with Crippen molar-refractivity contribution in [3.63, 3.8) is 0 Å². The average Bonchev–Trinajstić information content (AvgIpc) is 3.68. The molecule has 318 valence electrons. The number of carboxylic acid groups (broad SMARTS) is 1. The van der Waals surface area contributed by atoms with Crippen LogP contribution in [0.25, 0.3) is 43.2 Å². The van der Waals surface area contributed by atoms with Crippen molar-refractivity contribution in [2.24, 2.45) is 0 Å². The summed E-state index contributed by atoms with van der Waals surface area (Å²) < 4.78 is 38.2. The average molecular weight is 877 g/mol. The Hall–Kier alpha value is -6.39. The molecule has 13 nitrogen and oxygen atoms in total. The van der Waals surface area contributed by atoms with Crippen LogP contribution in [0, 0.1) is 5.82 Å². The zero-order valence-corrected chi connectivity index (χ0v) is 35.4. The fourth-order valence-corrected chi connectivity index (χ4v) is 8.56. The van der Waals surface area contributed by atoms with Gasteiger partial charge in [0.15, 0.2) is 5.82 Å². The summed E-state index contributed by atoms with van der Waals surface area (Å²) >= 11 is 8.06. The third-order valence-electron chi connectivity index (χ3n) is 10.5. The molecule has 8 rings (SSSR count). The molecular formula is C46H42ClFN6O7S. The molecule has 0 bridgehead atoms. The minimum Gasteiger partial charge on any atom is -0.506 e. The van der Waals surface area contributed by atoms with Gasteiger partial charge in [-0.1, -0.05) is 54.1 Å². The number of methoxy groups -OCH3 is 1. The Morgan fingerprint density at radius 1 is 0.887 bits per heavy atom. The summed E-state index contributed by atoms with van der Waals surface area (Å²) in [7, 11) is 3.68. The van der Waals surface area contributed by atoms with Gasteiger partial charge < -0.3 is 34.1 Å². The molecule has 0 amide bonds. The number of aromatic hydroxyl groups is 1. The number of piperazine rings is 1. The molecule has 62 heavy (non-hydrogen) atoms. The predicted molar refractivity (Wildman–Crippen MR) is 235 cm³/mol. The van der Waals surface area contributed by atoms with Crippen molar-refractivity contribution in [1.29, 1.82) is 0 Å². The van der Waals surface area contributed by atoms with Gasteiger partial charge in [0, 0.05) is 61.3 Å². The zero-order chi connectivity index (χ0) is 43.2. The second-order valence-electron chi connectivity index (χ2n) is 14.6. The van der Waals surface area contributed by atoms with E-state index in [1.54, 1.807) is 67.9 Å². The number of ether oxygens (including phenoxy) is 4. The first kappa shape index (κ1) is 42.3. The van der Waals surface area contributed by atoms with E-state index in [0.29, 0.717) is 79.3 Å². The molecule has 16 heteroatoms. The summed E-state index contributed by atoms with van der Waals surface area (Å²) in [5.74, 6) is -0.119. The van der Waals surface area contributed by atoms with Gasteiger partial charge in [0.1, 0.15) is 58.2 Å². The molecule has 4 aromatic carbocycles. The van der Waals surface area contributed by atoms with E-state index in [4.69, 9.17) is 30.5 Å². The van der Waals surface area contributed by atoms with Crippen LogP contribution in [-0.2, 0) is 17.8 Å². The van der Waals surface area contributed by atoms with Crippen molar-refractivity contribution < 1.29 is 38.3 Å². The Morgan fingerprint density at radius 2 is 1.65 bits per heavy atom. The summed E-state index contributed by atoms with van der Waals surface area (Å²) in [5, 5.41) is 22.7. The molecule has 0 spiro atoms.